The number of carbonyl (C=O) groups is 2. The van der Waals surface area contributed by atoms with Crippen LogP contribution in [0.2, 0.25) is 5.02 Å². The Morgan fingerprint density at radius 3 is 2.25 bits per heavy atom. The summed E-state index contributed by atoms with van der Waals surface area (Å²) < 4.78 is 5.38. The quantitative estimate of drug-likeness (QED) is 0.638. The van der Waals surface area contributed by atoms with Gasteiger partial charge in [-0.3, -0.25) is 20.4 Å². The predicted octanol–water partition coefficient (Wildman–Crippen LogP) is 4.16. The summed E-state index contributed by atoms with van der Waals surface area (Å²) in [5.41, 5.74) is 8.08. The van der Waals surface area contributed by atoms with Crippen LogP contribution in [0.4, 0.5) is 0 Å². The van der Waals surface area contributed by atoms with Crippen molar-refractivity contribution in [3.63, 3.8) is 0 Å². The van der Waals surface area contributed by atoms with Crippen molar-refractivity contribution >= 4 is 23.4 Å². The molecule has 0 saturated carbocycles. The number of nitrogens with one attached hydrogen (secondary N) is 2. The fraction of sp³-hybridized carbons (Fsp3) is 0.0909. The van der Waals surface area contributed by atoms with Crippen molar-refractivity contribution in [2.24, 2.45) is 0 Å². The number of ether oxygens (including phenoxy) is 1. The Hall–Kier alpha value is -3.31. The predicted molar refractivity (Wildman–Crippen MR) is 109 cm³/mol. The van der Waals surface area contributed by atoms with Gasteiger partial charge in [0.05, 0.1) is 0 Å². The number of rotatable bonds is 5. The number of hydrogen-bond acceptors (Lipinski definition) is 3. The minimum atomic E-state index is -0.471. The highest BCUT2D eigenvalue weighted by molar-refractivity contribution is 6.31. The average Bonchev–Trinajstić information content (AvgIpc) is 2.73. The normalized spacial score (nSPS) is 10.2. The second-order valence-electron chi connectivity index (χ2n) is 6.15. The second kappa shape index (κ2) is 9.06. The van der Waals surface area contributed by atoms with Crippen LogP contribution >= 0.6 is 11.6 Å². The van der Waals surface area contributed by atoms with Crippen molar-refractivity contribution < 1.29 is 14.3 Å². The topological polar surface area (TPSA) is 67.4 Å². The molecule has 0 saturated heterocycles. The first-order chi connectivity index (χ1) is 13.5. The summed E-state index contributed by atoms with van der Waals surface area (Å²) in [6, 6.07) is 22.1. The number of aryl methyl sites for hydroxylation is 1. The molecule has 6 heteroatoms. The molecule has 0 unspecified atom stereocenters. The third-order valence-electron chi connectivity index (χ3n) is 4.07. The lowest BCUT2D eigenvalue weighted by molar-refractivity contribution is -0.123. The van der Waals surface area contributed by atoms with E-state index < -0.39 is 11.8 Å². The molecule has 2 amide bonds. The molecular weight excluding hydrogens is 376 g/mol. The van der Waals surface area contributed by atoms with Crippen LogP contribution in [0.5, 0.6) is 5.75 Å². The van der Waals surface area contributed by atoms with Crippen LogP contribution in [0.25, 0.3) is 11.1 Å². The molecular formula is C22H19ClN2O3. The van der Waals surface area contributed by atoms with E-state index in [1.54, 1.807) is 30.3 Å². The van der Waals surface area contributed by atoms with Crippen LogP contribution in [0, 0.1) is 6.92 Å². The van der Waals surface area contributed by atoms with E-state index in [9.17, 15) is 9.59 Å². The van der Waals surface area contributed by atoms with Gasteiger partial charge >= 0.3 is 0 Å². The van der Waals surface area contributed by atoms with Gasteiger partial charge in [0, 0.05) is 10.6 Å². The largest absolute Gasteiger partial charge is 0.484 e. The Morgan fingerprint density at radius 1 is 0.893 bits per heavy atom. The van der Waals surface area contributed by atoms with E-state index in [-0.39, 0.29) is 6.61 Å². The van der Waals surface area contributed by atoms with Crippen LogP contribution in [0.1, 0.15) is 15.9 Å². The van der Waals surface area contributed by atoms with Crippen molar-refractivity contribution in [2.75, 3.05) is 6.61 Å². The van der Waals surface area contributed by atoms with Crippen molar-refractivity contribution in [2.45, 2.75) is 6.92 Å². The summed E-state index contributed by atoms with van der Waals surface area (Å²) in [7, 11) is 0. The maximum absolute atomic E-state index is 12.2. The van der Waals surface area contributed by atoms with E-state index in [1.807, 2.05) is 49.4 Å². The summed E-state index contributed by atoms with van der Waals surface area (Å²) in [6.45, 7) is 1.62. The van der Waals surface area contributed by atoms with E-state index in [0.29, 0.717) is 16.3 Å². The van der Waals surface area contributed by atoms with Crippen LogP contribution < -0.4 is 15.6 Å². The van der Waals surface area contributed by atoms with Crippen molar-refractivity contribution in [1.29, 1.82) is 0 Å². The Labute approximate surface area is 168 Å². The molecule has 2 N–H and O–H groups in total. The molecule has 3 aromatic rings. The molecule has 0 radical (unpaired) electrons. The zero-order valence-corrected chi connectivity index (χ0v) is 16.0. The first kappa shape index (κ1) is 19.5. The molecule has 3 rings (SSSR count). The summed E-state index contributed by atoms with van der Waals surface area (Å²) in [4.78, 5) is 24.0. The lowest BCUT2D eigenvalue weighted by atomic mass is 10.0. The Kier molecular flexibility index (Phi) is 6.29. The highest BCUT2D eigenvalue weighted by Crippen LogP contribution is 2.21. The van der Waals surface area contributed by atoms with Crippen LogP contribution in [0.15, 0.2) is 72.8 Å². The first-order valence-electron chi connectivity index (χ1n) is 8.66. The Balaban J connectivity index is 1.49. The Morgan fingerprint density at radius 2 is 1.57 bits per heavy atom. The van der Waals surface area contributed by atoms with Gasteiger partial charge in [0.1, 0.15) is 5.75 Å². The second-order valence-corrected chi connectivity index (χ2v) is 6.55. The smallest absolute Gasteiger partial charge is 0.276 e. The summed E-state index contributed by atoms with van der Waals surface area (Å²) in [5.74, 6) is -0.350. The minimum Gasteiger partial charge on any atom is -0.484 e. The summed E-state index contributed by atoms with van der Waals surface area (Å²) in [5, 5.41) is 0.627. The molecule has 0 aliphatic rings. The molecule has 5 nitrogen and oxygen atoms in total. The number of hydrogen-bond donors (Lipinski definition) is 2. The third kappa shape index (κ3) is 5.11. The fourth-order valence-corrected chi connectivity index (χ4v) is 2.65. The number of halogens is 1. The van der Waals surface area contributed by atoms with E-state index in [0.717, 1.165) is 16.7 Å². The van der Waals surface area contributed by atoms with Crippen molar-refractivity contribution in [3.05, 3.63) is 88.9 Å². The van der Waals surface area contributed by atoms with Gasteiger partial charge in [-0.15, -0.1) is 0 Å². The van der Waals surface area contributed by atoms with Gasteiger partial charge in [-0.05, 0) is 53.9 Å². The fourth-order valence-electron chi connectivity index (χ4n) is 2.54. The minimum absolute atomic E-state index is 0.228. The zero-order chi connectivity index (χ0) is 19.9. The van der Waals surface area contributed by atoms with Crippen LogP contribution in [0.3, 0.4) is 0 Å². The molecule has 0 aliphatic carbocycles. The van der Waals surface area contributed by atoms with E-state index in [2.05, 4.69) is 10.9 Å². The van der Waals surface area contributed by atoms with Crippen LogP contribution in [-0.2, 0) is 4.79 Å². The maximum atomic E-state index is 12.2. The van der Waals surface area contributed by atoms with Crippen molar-refractivity contribution in [1.82, 2.24) is 10.9 Å². The molecule has 0 fully saturated rings. The lowest BCUT2D eigenvalue weighted by Gasteiger charge is -2.10. The van der Waals surface area contributed by atoms with Gasteiger partial charge in [0.2, 0.25) is 0 Å². The summed E-state index contributed by atoms with van der Waals surface area (Å²) in [6.07, 6.45) is 0. The standard InChI is InChI=1S/C22H19ClN2O3/c1-15-13-19(11-12-20(15)23)28-14-21(26)24-25-22(27)18-9-7-17(8-10-18)16-5-3-2-4-6-16/h2-13H,14H2,1H3,(H,24,26)(H,25,27). The van der Waals surface area contributed by atoms with E-state index in [4.69, 9.17) is 16.3 Å². The molecule has 28 heavy (non-hydrogen) atoms. The molecule has 0 atom stereocenters. The van der Waals surface area contributed by atoms with E-state index >= 15 is 0 Å². The van der Waals surface area contributed by atoms with Gasteiger partial charge in [0.15, 0.2) is 6.61 Å². The van der Waals surface area contributed by atoms with Crippen LogP contribution in [-0.4, -0.2) is 18.4 Å². The molecule has 3 aromatic carbocycles. The Bertz CT molecular complexity index is 973. The number of carbonyl (C=O) groups excluding carboxylic acids is 2. The third-order valence-corrected chi connectivity index (χ3v) is 4.49. The molecule has 0 heterocycles. The maximum Gasteiger partial charge on any atom is 0.276 e. The van der Waals surface area contributed by atoms with Gasteiger partial charge < -0.3 is 4.74 Å². The highest BCUT2D eigenvalue weighted by Gasteiger charge is 2.09. The zero-order valence-electron chi connectivity index (χ0n) is 15.2. The highest BCUT2D eigenvalue weighted by atomic mass is 35.5. The van der Waals surface area contributed by atoms with Gasteiger partial charge in [-0.1, -0.05) is 54.1 Å². The molecule has 0 aromatic heterocycles. The number of hydrazine groups is 1. The first-order valence-corrected chi connectivity index (χ1v) is 9.04. The summed E-state index contributed by atoms with van der Waals surface area (Å²) >= 11 is 5.95. The van der Waals surface area contributed by atoms with Gasteiger partial charge in [-0.25, -0.2) is 0 Å². The number of amides is 2. The molecule has 0 spiro atoms. The monoisotopic (exact) mass is 394 g/mol. The van der Waals surface area contributed by atoms with Crippen molar-refractivity contribution in [3.8, 4) is 16.9 Å². The van der Waals surface area contributed by atoms with Gasteiger partial charge in [0.25, 0.3) is 11.8 Å². The lowest BCUT2D eigenvalue weighted by Crippen LogP contribution is -2.43. The van der Waals surface area contributed by atoms with Gasteiger partial charge in [-0.2, -0.15) is 0 Å². The van der Waals surface area contributed by atoms with E-state index in [1.165, 1.54) is 0 Å². The molecule has 0 aliphatic heterocycles. The SMILES string of the molecule is Cc1cc(OCC(=O)NNC(=O)c2ccc(-c3ccccc3)cc2)ccc1Cl. The number of benzene rings is 3. The molecule has 142 valence electrons. The average molecular weight is 395 g/mol. The molecule has 0 bridgehead atoms.